The van der Waals surface area contributed by atoms with Gasteiger partial charge in [-0.1, -0.05) is 5.16 Å². The second kappa shape index (κ2) is 7.80. The third-order valence-corrected chi connectivity index (χ3v) is 5.49. The summed E-state index contributed by atoms with van der Waals surface area (Å²) >= 11 is 0. The van der Waals surface area contributed by atoms with Crippen molar-refractivity contribution in [3.05, 3.63) is 35.6 Å². The highest BCUT2D eigenvalue weighted by atomic mass is 16.5. The number of morpholine rings is 1. The number of anilines is 1. The molecule has 10 heteroatoms. The second-order valence-corrected chi connectivity index (χ2v) is 7.25. The maximum absolute atomic E-state index is 12.7. The first kappa shape index (κ1) is 18.1. The van der Waals surface area contributed by atoms with E-state index in [4.69, 9.17) is 9.26 Å². The lowest BCUT2D eigenvalue weighted by atomic mass is 10.1. The van der Waals surface area contributed by atoms with Gasteiger partial charge in [0.1, 0.15) is 23.6 Å². The van der Waals surface area contributed by atoms with Crippen molar-refractivity contribution in [2.24, 2.45) is 0 Å². The molecule has 2 aliphatic rings. The van der Waals surface area contributed by atoms with E-state index in [0.29, 0.717) is 25.2 Å². The number of H-pyrrole nitrogens is 1. The molecule has 3 aromatic heterocycles. The number of hydrogen-bond acceptors (Lipinski definition) is 8. The molecule has 1 saturated heterocycles. The third-order valence-electron chi connectivity index (χ3n) is 5.49. The van der Waals surface area contributed by atoms with Gasteiger partial charge in [-0.05, 0) is 6.07 Å². The van der Waals surface area contributed by atoms with Crippen LogP contribution in [0, 0.1) is 0 Å². The fourth-order valence-electron chi connectivity index (χ4n) is 3.92. The number of ether oxygens (including phenoxy) is 1. The molecule has 152 valence electrons. The lowest BCUT2D eigenvalue weighted by Gasteiger charge is -2.27. The molecule has 0 spiro atoms. The summed E-state index contributed by atoms with van der Waals surface area (Å²) in [5.41, 5.74) is 2.00. The largest absolute Gasteiger partial charge is 0.379 e. The van der Waals surface area contributed by atoms with Crippen LogP contribution in [0.4, 0.5) is 5.82 Å². The lowest BCUT2D eigenvalue weighted by Crippen LogP contribution is -2.41. The Morgan fingerprint density at radius 2 is 2.14 bits per heavy atom. The van der Waals surface area contributed by atoms with Crippen molar-refractivity contribution in [3.8, 4) is 0 Å². The molecule has 0 unspecified atom stereocenters. The normalized spacial score (nSPS) is 17.4. The summed E-state index contributed by atoms with van der Waals surface area (Å²) in [6.07, 6.45) is 4.08. The van der Waals surface area contributed by atoms with E-state index in [9.17, 15) is 4.79 Å². The Balaban J connectivity index is 1.28. The summed E-state index contributed by atoms with van der Waals surface area (Å²) in [5.74, 6) is 1.43. The van der Waals surface area contributed by atoms with E-state index in [2.05, 4.69) is 35.2 Å². The van der Waals surface area contributed by atoms with Crippen LogP contribution in [0.3, 0.4) is 0 Å². The van der Waals surface area contributed by atoms with Gasteiger partial charge in [-0.2, -0.15) is 0 Å². The van der Waals surface area contributed by atoms with Gasteiger partial charge < -0.3 is 24.5 Å². The van der Waals surface area contributed by atoms with Crippen molar-refractivity contribution < 1.29 is 14.1 Å². The van der Waals surface area contributed by atoms with Crippen LogP contribution in [0.15, 0.2) is 23.1 Å². The quantitative estimate of drug-likeness (QED) is 0.643. The van der Waals surface area contributed by atoms with E-state index in [1.54, 1.807) is 6.33 Å². The number of nitrogens with one attached hydrogen (secondary N) is 2. The van der Waals surface area contributed by atoms with Crippen molar-refractivity contribution in [1.82, 2.24) is 30.3 Å². The lowest BCUT2D eigenvalue weighted by molar-refractivity contribution is 0.0383. The summed E-state index contributed by atoms with van der Waals surface area (Å²) in [6, 6.07) is 1.97. The third kappa shape index (κ3) is 3.56. The van der Waals surface area contributed by atoms with Crippen LogP contribution < -0.4 is 10.2 Å². The van der Waals surface area contributed by atoms with E-state index in [1.165, 1.54) is 0 Å². The molecule has 0 bridgehead atoms. The highest BCUT2D eigenvalue weighted by Gasteiger charge is 2.29. The number of aromatic nitrogens is 4. The number of fused-ring (bicyclic) bond motifs is 2. The minimum Gasteiger partial charge on any atom is -0.379 e. The summed E-state index contributed by atoms with van der Waals surface area (Å²) in [4.78, 5) is 28.9. The first-order chi connectivity index (χ1) is 14.3. The maximum atomic E-state index is 12.7. The van der Waals surface area contributed by atoms with Crippen LogP contribution in [-0.2, 0) is 17.7 Å². The van der Waals surface area contributed by atoms with E-state index in [-0.39, 0.29) is 5.91 Å². The fourth-order valence-corrected chi connectivity index (χ4v) is 3.92. The molecule has 1 amide bonds. The fraction of sp³-hybridized carbons (Fsp3) is 0.474. The molecule has 0 saturated carbocycles. The Hall–Kier alpha value is -2.98. The average molecular weight is 397 g/mol. The molecule has 10 nitrogen and oxygen atoms in total. The number of nitrogens with zero attached hydrogens (tertiary/aromatic N) is 5. The minimum atomic E-state index is -0.195. The number of hydrogen-bond donors (Lipinski definition) is 2. The first-order valence-electron chi connectivity index (χ1n) is 9.88. The van der Waals surface area contributed by atoms with E-state index >= 15 is 0 Å². The summed E-state index contributed by atoms with van der Waals surface area (Å²) in [6.45, 7) is 5.94. The minimum absolute atomic E-state index is 0.195. The monoisotopic (exact) mass is 397 g/mol. The number of rotatable bonds is 5. The van der Waals surface area contributed by atoms with Gasteiger partial charge >= 0.3 is 0 Å². The van der Waals surface area contributed by atoms with Gasteiger partial charge in [0, 0.05) is 50.9 Å². The van der Waals surface area contributed by atoms with Crippen LogP contribution in [0.2, 0.25) is 0 Å². The second-order valence-electron chi connectivity index (χ2n) is 7.25. The zero-order chi connectivity index (χ0) is 19.6. The van der Waals surface area contributed by atoms with Crippen LogP contribution in [0.25, 0.3) is 11.0 Å². The Morgan fingerprint density at radius 3 is 3.03 bits per heavy atom. The molecule has 1 fully saturated rings. The molecule has 0 aromatic carbocycles. The Bertz CT molecular complexity index is 1010. The topological polar surface area (TPSA) is 112 Å². The number of amides is 1. The Kier molecular flexibility index (Phi) is 4.86. The van der Waals surface area contributed by atoms with Gasteiger partial charge in [0.25, 0.3) is 5.91 Å². The molecule has 29 heavy (non-hydrogen) atoms. The standard InChI is InChI=1S/C19H23N7O3/c27-19(21-4-6-25-7-9-28-10-8-25)16-14-11-26(5-2-15(14)29-24-16)18-13-1-3-20-17(13)22-12-23-18/h1,3,12H,2,4-11H2,(H,21,27)(H,20,22,23). The van der Waals surface area contributed by atoms with Gasteiger partial charge in [-0.15, -0.1) is 0 Å². The predicted octanol–water partition coefficient (Wildman–Crippen LogP) is 0.571. The number of carbonyl (C=O) groups excluding carboxylic acids is 1. The summed E-state index contributed by atoms with van der Waals surface area (Å²) in [5, 5.41) is 7.99. The molecule has 5 heterocycles. The highest BCUT2D eigenvalue weighted by molar-refractivity contribution is 5.94. The number of carbonyl (C=O) groups is 1. The molecule has 0 atom stereocenters. The van der Waals surface area contributed by atoms with Gasteiger partial charge in [0.05, 0.1) is 25.1 Å². The van der Waals surface area contributed by atoms with Crippen molar-refractivity contribution in [2.45, 2.75) is 13.0 Å². The van der Waals surface area contributed by atoms with Gasteiger partial charge in [0.2, 0.25) is 0 Å². The molecular weight excluding hydrogens is 374 g/mol. The van der Waals surface area contributed by atoms with E-state index in [0.717, 1.165) is 67.6 Å². The van der Waals surface area contributed by atoms with Crippen molar-refractivity contribution in [1.29, 1.82) is 0 Å². The van der Waals surface area contributed by atoms with Gasteiger partial charge in [-0.3, -0.25) is 9.69 Å². The molecular formula is C19H23N7O3. The van der Waals surface area contributed by atoms with E-state index in [1.807, 2.05) is 12.3 Å². The summed E-state index contributed by atoms with van der Waals surface area (Å²) < 4.78 is 10.8. The molecule has 2 aliphatic heterocycles. The number of aromatic amines is 1. The summed E-state index contributed by atoms with van der Waals surface area (Å²) in [7, 11) is 0. The maximum Gasteiger partial charge on any atom is 0.273 e. The van der Waals surface area contributed by atoms with E-state index < -0.39 is 0 Å². The van der Waals surface area contributed by atoms with Crippen LogP contribution in [0.1, 0.15) is 21.8 Å². The van der Waals surface area contributed by atoms with Crippen molar-refractivity contribution >= 4 is 22.8 Å². The predicted molar refractivity (Wildman–Crippen MR) is 105 cm³/mol. The average Bonchev–Trinajstić information content (AvgIpc) is 3.40. The van der Waals surface area contributed by atoms with Crippen LogP contribution >= 0.6 is 0 Å². The zero-order valence-corrected chi connectivity index (χ0v) is 16.1. The zero-order valence-electron chi connectivity index (χ0n) is 16.1. The van der Waals surface area contributed by atoms with Crippen molar-refractivity contribution in [2.75, 3.05) is 50.8 Å². The van der Waals surface area contributed by atoms with Crippen LogP contribution in [-0.4, -0.2) is 76.9 Å². The van der Waals surface area contributed by atoms with Gasteiger partial charge in [-0.25, -0.2) is 9.97 Å². The molecule has 0 radical (unpaired) electrons. The molecule has 2 N–H and O–H groups in total. The first-order valence-corrected chi connectivity index (χ1v) is 9.88. The smallest absolute Gasteiger partial charge is 0.273 e. The molecule has 3 aromatic rings. The highest BCUT2D eigenvalue weighted by Crippen LogP contribution is 2.29. The molecule has 0 aliphatic carbocycles. The van der Waals surface area contributed by atoms with Crippen molar-refractivity contribution in [3.63, 3.8) is 0 Å². The Morgan fingerprint density at radius 1 is 1.24 bits per heavy atom. The molecule has 5 rings (SSSR count). The van der Waals surface area contributed by atoms with Gasteiger partial charge in [0.15, 0.2) is 5.69 Å². The Labute approximate surface area is 167 Å². The SMILES string of the molecule is O=C(NCCN1CCOCC1)c1noc2c1CN(c1ncnc3[nH]ccc13)CC2. The van der Waals surface area contributed by atoms with Crippen LogP contribution in [0.5, 0.6) is 0 Å².